The fraction of sp³-hybridized carbons (Fsp3) is 0.348. The number of thiazole rings is 1. The molecule has 0 radical (unpaired) electrons. The fourth-order valence-corrected chi connectivity index (χ4v) is 6.30. The smallest absolute Gasteiger partial charge is 0.243 e. The Kier molecular flexibility index (Phi) is 6.43. The maximum absolute atomic E-state index is 13.1. The van der Waals surface area contributed by atoms with Crippen LogP contribution in [-0.4, -0.2) is 55.9 Å². The van der Waals surface area contributed by atoms with Crippen LogP contribution in [0.5, 0.6) is 5.75 Å². The second-order valence-electron chi connectivity index (χ2n) is 7.80. The van der Waals surface area contributed by atoms with Crippen molar-refractivity contribution in [1.82, 2.24) is 14.2 Å². The van der Waals surface area contributed by atoms with Gasteiger partial charge in [-0.25, -0.2) is 13.4 Å². The number of methoxy groups -OCH3 is 1. The van der Waals surface area contributed by atoms with Gasteiger partial charge in [0.1, 0.15) is 10.8 Å². The number of sulfonamides is 1. The molecular formula is C23H27N3O3S2. The largest absolute Gasteiger partial charge is 0.497 e. The number of hydrogen-bond acceptors (Lipinski definition) is 6. The Balaban J connectivity index is 1.38. The summed E-state index contributed by atoms with van der Waals surface area (Å²) >= 11 is 1.64. The topological polar surface area (TPSA) is 62.7 Å². The molecule has 0 bridgehead atoms. The molecule has 1 fully saturated rings. The van der Waals surface area contributed by atoms with Gasteiger partial charge in [-0.2, -0.15) is 4.31 Å². The molecule has 0 spiro atoms. The number of ether oxygens (including phenoxy) is 1. The van der Waals surface area contributed by atoms with Gasteiger partial charge in [-0.1, -0.05) is 12.1 Å². The summed E-state index contributed by atoms with van der Waals surface area (Å²) in [7, 11) is -1.81. The van der Waals surface area contributed by atoms with Crippen LogP contribution in [0.15, 0.2) is 52.7 Å². The van der Waals surface area contributed by atoms with Crippen molar-refractivity contribution < 1.29 is 13.2 Å². The molecule has 2 aromatic carbocycles. The van der Waals surface area contributed by atoms with Gasteiger partial charge in [0.15, 0.2) is 0 Å². The van der Waals surface area contributed by atoms with E-state index >= 15 is 0 Å². The van der Waals surface area contributed by atoms with Crippen molar-refractivity contribution in [3.8, 4) is 17.0 Å². The van der Waals surface area contributed by atoms with Gasteiger partial charge in [0.2, 0.25) is 10.0 Å². The second-order valence-corrected chi connectivity index (χ2v) is 10.7. The highest BCUT2D eigenvalue weighted by Crippen LogP contribution is 2.26. The molecule has 1 aromatic heterocycles. The van der Waals surface area contributed by atoms with Crippen molar-refractivity contribution in [3.63, 3.8) is 0 Å². The number of nitrogens with zero attached hydrogens (tertiary/aromatic N) is 3. The zero-order chi connectivity index (χ0) is 22.0. The molecule has 164 valence electrons. The summed E-state index contributed by atoms with van der Waals surface area (Å²) in [6.07, 6.45) is 0. The normalized spacial score (nSPS) is 15.8. The minimum atomic E-state index is -3.47. The molecule has 8 heteroatoms. The number of hydrogen-bond donors (Lipinski definition) is 0. The first-order valence-electron chi connectivity index (χ1n) is 10.3. The van der Waals surface area contributed by atoms with E-state index < -0.39 is 10.0 Å². The zero-order valence-electron chi connectivity index (χ0n) is 18.0. The van der Waals surface area contributed by atoms with E-state index in [2.05, 4.69) is 10.3 Å². The lowest BCUT2D eigenvalue weighted by Gasteiger charge is -2.33. The molecule has 1 aliphatic heterocycles. The van der Waals surface area contributed by atoms with Gasteiger partial charge in [-0.15, -0.1) is 11.3 Å². The molecule has 0 amide bonds. The van der Waals surface area contributed by atoms with Gasteiger partial charge in [0.25, 0.3) is 0 Å². The predicted molar refractivity (Wildman–Crippen MR) is 124 cm³/mol. The van der Waals surface area contributed by atoms with E-state index in [0.717, 1.165) is 39.7 Å². The van der Waals surface area contributed by atoms with Crippen LogP contribution in [0.4, 0.5) is 0 Å². The van der Waals surface area contributed by atoms with Crippen LogP contribution in [0.3, 0.4) is 0 Å². The number of benzene rings is 2. The minimum absolute atomic E-state index is 0.421. The van der Waals surface area contributed by atoms with Gasteiger partial charge in [-0.3, -0.25) is 4.90 Å². The van der Waals surface area contributed by atoms with Crippen LogP contribution in [0, 0.1) is 13.8 Å². The maximum atomic E-state index is 13.1. The van der Waals surface area contributed by atoms with E-state index in [1.807, 2.05) is 50.2 Å². The first kappa shape index (κ1) is 22.0. The van der Waals surface area contributed by atoms with Gasteiger partial charge in [0, 0.05) is 37.1 Å². The number of aryl methyl sites for hydroxylation is 2. The van der Waals surface area contributed by atoms with E-state index in [-0.39, 0.29) is 0 Å². The molecule has 3 aromatic rings. The van der Waals surface area contributed by atoms with Crippen molar-refractivity contribution in [2.45, 2.75) is 25.3 Å². The SMILES string of the molecule is COc1ccc(-c2csc(CN3CCN(S(=O)(=O)c4cc(C)ccc4C)CC3)n2)cc1. The standard InChI is InChI=1S/C23H27N3O3S2/c1-17-4-5-18(2)22(14-17)31(27,28)26-12-10-25(11-13-26)15-23-24-21(16-30-23)19-6-8-20(29-3)9-7-19/h4-9,14,16H,10-13,15H2,1-3H3. The molecule has 1 aliphatic rings. The first-order valence-corrected chi connectivity index (χ1v) is 12.6. The average Bonchev–Trinajstić information content (AvgIpc) is 3.24. The van der Waals surface area contributed by atoms with Crippen LogP contribution in [0.1, 0.15) is 16.1 Å². The zero-order valence-corrected chi connectivity index (χ0v) is 19.7. The van der Waals surface area contributed by atoms with Crippen LogP contribution in [0.25, 0.3) is 11.3 Å². The van der Waals surface area contributed by atoms with Crippen LogP contribution in [-0.2, 0) is 16.6 Å². The predicted octanol–water partition coefficient (Wildman–Crippen LogP) is 3.94. The summed E-state index contributed by atoms with van der Waals surface area (Å²) in [5.41, 5.74) is 3.77. The molecule has 0 unspecified atom stereocenters. The van der Waals surface area contributed by atoms with Crippen LogP contribution in [0.2, 0.25) is 0 Å². The summed E-state index contributed by atoms with van der Waals surface area (Å²) < 4.78 is 33.1. The highest BCUT2D eigenvalue weighted by atomic mass is 32.2. The molecule has 0 aliphatic carbocycles. The van der Waals surface area contributed by atoms with E-state index in [9.17, 15) is 8.42 Å². The Hall–Kier alpha value is -2.26. The monoisotopic (exact) mass is 457 g/mol. The highest BCUT2D eigenvalue weighted by Gasteiger charge is 2.29. The highest BCUT2D eigenvalue weighted by molar-refractivity contribution is 7.89. The van der Waals surface area contributed by atoms with E-state index in [1.165, 1.54) is 0 Å². The number of aromatic nitrogens is 1. The third-order valence-electron chi connectivity index (χ3n) is 5.59. The summed E-state index contributed by atoms with van der Waals surface area (Å²) in [5, 5.41) is 3.11. The lowest BCUT2D eigenvalue weighted by molar-refractivity contribution is 0.181. The minimum Gasteiger partial charge on any atom is -0.497 e. The number of piperazine rings is 1. The van der Waals surface area contributed by atoms with Gasteiger partial charge < -0.3 is 4.74 Å². The summed E-state index contributed by atoms with van der Waals surface area (Å²) in [6.45, 7) is 6.89. The van der Waals surface area contributed by atoms with Gasteiger partial charge in [-0.05, 0) is 55.3 Å². The van der Waals surface area contributed by atoms with Crippen molar-refractivity contribution in [3.05, 3.63) is 64.0 Å². The van der Waals surface area contributed by atoms with E-state index in [0.29, 0.717) is 31.1 Å². The molecule has 31 heavy (non-hydrogen) atoms. The molecule has 6 nitrogen and oxygen atoms in total. The molecule has 0 N–H and O–H groups in total. The fourth-order valence-electron chi connectivity index (χ4n) is 3.72. The van der Waals surface area contributed by atoms with Crippen molar-refractivity contribution in [1.29, 1.82) is 0 Å². The molecular weight excluding hydrogens is 430 g/mol. The number of rotatable bonds is 6. The van der Waals surface area contributed by atoms with Crippen molar-refractivity contribution in [2.24, 2.45) is 0 Å². The maximum Gasteiger partial charge on any atom is 0.243 e. The lowest BCUT2D eigenvalue weighted by atomic mass is 10.2. The molecule has 0 atom stereocenters. The average molecular weight is 458 g/mol. The van der Waals surface area contributed by atoms with E-state index in [4.69, 9.17) is 9.72 Å². The summed E-state index contributed by atoms with van der Waals surface area (Å²) in [5.74, 6) is 0.827. The Bertz CT molecular complexity index is 1150. The Labute approximate surface area is 188 Å². The Morgan fingerprint density at radius 3 is 2.42 bits per heavy atom. The van der Waals surface area contributed by atoms with Gasteiger partial charge in [0.05, 0.1) is 24.2 Å². The molecule has 1 saturated heterocycles. The lowest BCUT2D eigenvalue weighted by Crippen LogP contribution is -2.48. The van der Waals surface area contributed by atoms with E-state index in [1.54, 1.807) is 28.8 Å². The van der Waals surface area contributed by atoms with Crippen molar-refractivity contribution >= 4 is 21.4 Å². The third-order valence-corrected chi connectivity index (χ3v) is 8.46. The van der Waals surface area contributed by atoms with Gasteiger partial charge >= 0.3 is 0 Å². The summed E-state index contributed by atoms with van der Waals surface area (Å²) in [4.78, 5) is 7.46. The van der Waals surface area contributed by atoms with Crippen LogP contribution >= 0.6 is 11.3 Å². The molecule has 4 rings (SSSR count). The Morgan fingerprint density at radius 2 is 1.74 bits per heavy atom. The van der Waals surface area contributed by atoms with Crippen LogP contribution < -0.4 is 4.74 Å². The second kappa shape index (κ2) is 9.08. The third kappa shape index (κ3) is 4.82. The quantitative estimate of drug-likeness (QED) is 0.561. The molecule has 2 heterocycles. The molecule has 0 saturated carbocycles. The first-order chi connectivity index (χ1) is 14.9. The Morgan fingerprint density at radius 1 is 1.03 bits per heavy atom. The van der Waals surface area contributed by atoms with Crippen molar-refractivity contribution in [2.75, 3.05) is 33.3 Å². The summed E-state index contributed by atoms with van der Waals surface area (Å²) in [6, 6.07) is 13.5.